The number of benzene rings is 1. The van der Waals surface area contributed by atoms with Crippen molar-refractivity contribution >= 4 is 49.4 Å². The summed E-state index contributed by atoms with van der Waals surface area (Å²) < 4.78 is 3.25. The Morgan fingerprint density at radius 1 is 1.27 bits per heavy atom. The zero-order valence-corrected chi connectivity index (χ0v) is 20.1. The summed E-state index contributed by atoms with van der Waals surface area (Å²) in [6.07, 6.45) is 9.21. The first-order chi connectivity index (χ1) is 14.3. The Balaban J connectivity index is 1.66. The van der Waals surface area contributed by atoms with Crippen LogP contribution in [0.3, 0.4) is 0 Å². The average molecular weight is 542 g/mol. The number of halogens is 2. The van der Waals surface area contributed by atoms with Crippen LogP contribution in [0, 0.1) is 0 Å². The van der Waals surface area contributed by atoms with Crippen LogP contribution < -0.4 is 5.32 Å². The number of carbonyl (C=O) groups excluding carboxylic acids is 1. The number of rotatable bonds is 8. The third-order valence-electron chi connectivity index (χ3n) is 5.47. The van der Waals surface area contributed by atoms with E-state index in [1.807, 2.05) is 12.1 Å². The SMILES string of the molecule is CN(Cc1cc(Br)cc(Br)c1NC(=O)CCn1cc(C(=O)O)cn1)C1CCCCC1. The number of anilines is 1. The average Bonchev–Trinajstić information content (AvgIpc) is 3.19. The maximum Gasteiger partial charge on any atom is 0.338 e. The molecule has 1 saturated carbocycles. The van der Waals surface area contributed by atoms with E-state index in [0.29, 0.717) is 12.6 Å². The van der Waals surface area contributed by atoms with Crippen molar-refractivity contribution in [1.29, 1.82) is 0 Å². The molecule has 7 nitrogen and oxygen atoms in total. The van der Waals surface area contributed by atoms with E-state index in [9.17, 15) is 9.59 Å². The lowest BCUT2D eigenvalue weighted by atomic mass is 9.94. The van der Waals surface area contributed by atoms with Gasteiger partial charge in [-0.3, -0.25) is 14.4 Å². The molecule has 9 heteroatoms. The predicted molar refractivity (Wildman–Crippen MR) is 123 cm³/mol. The van der Waals surface area contributed by atoms with E-state index < -0.39 is 5.97 Å². The summed E-state index contributed by atoms with van der Waals surface area (Å²) in [5.41, 5.74) is 1.93. The van der Waals surface area contributed by atoms with Gasteiger partial charge in [0.25, 0.3) is 0 Å². The second-order valence-electron chi connectivity index (χ2n) is 7.72. The molecule has 30 heavy (non-hydrogen) atoms. The lowest BCUT2D eigenvalue weighted by Crippen LogP contribution is -2.33. The van der Waals surface area contributed by atoms with Gasteiger partial charge in [-0.25, -0.2) is 4.79 Å². The third kappa shape index (κ3) is 6.15. The number of aromatic carboxylic acids is 1. The number of nitrogens with zero attached hydrogens (tertiary/aromatic N) is 3. The molecule has 0 atom stereocenters. The van der Waals surface area contributed by atoms with Crippen LogP contribution in [0.25, 0.3) is 0 Å². The second kappa shape index (κ2) is 10.5. The number of nitrogens with one attached hydrogen (secondary N) is 1. The van der Waals surface area contributed by atoms with Gasteiger partial charge in [-0.2, -0.15) is 5.10 Å². The van der Waals surface area contributed by atoms with Crippen molar-refractivity contribution in [2.24, 2.45) is 0 Å². The van der Waals surface area contributed by atoms with Crippen LogP contribution in [0.5, 0.6) is 0 Å². The quantitative estimate of drug-likeness (QED) is 0.496. The van der Waals surface area contributed by atoms with Crippen LogP contribution in [0.15, 0.2) is 33.5 Å². The maximum atomic E-state index is 12.6. The summed E-state index contributed by atoms with van der Waals surface area (Å²) in [5, 5.41) is 16.0. The molecule has 0 spiro atoms. The Morgan fingerprint density at radius 2 is 2.00 bits per heavy atom. The van der Waals surface area contributed by atoms with Crippen LogP contribution in [-0.4, -0.2) is 44.8 Å². The predicted octanol–water partition coefficient (Wildman–Crippen LogP) is 4.90. The van der Waals surface area contributed by atoms with Gasteiger partial charge < -0.3 is 10.4 Å². The van der Waals surface area contributed by atoms with Crippen LogP contribution in [0.2, 0.25) is 0 Å². The van der Waals surface area contributed by atoms with Crippen LogP contribution >= 0.6 is 31.9 Å². The molecule has 1 aromatic heterocycles. The largest absolute Gasteiger partial charge is 0.478 e. The van der Waals surface area contributed by atoms with Gasteiger partial charge in [0, 0.05) is 40.7 Å². The molecule has 0 saturated heterocycles. The Kier molecular flexibility index (Phi) is 8.07. The first kappa shape index (κ1) is 23.0. The maximum absolute atomic E-state index is 12.6. The minimum absolute atomic E-state index is 0.110. The lowest BCUT2D eigenvalue weighted by Gasteiger charge is -2.32. The molecule has 2 aromatic rings. The molecule has 162 valence electrons. The summed E-state index contributed by atoms with van der Waals surface area (Å²) in [6, 6.07) is 4.54. The fourth-order valence-corrected chi connectivity index (χ4v) is 5.24. The van der Waals surface area contributed by atoms with Crippen molar-refractivity contribution in [1.82, 2.24) is 14.7 Å². The molecule has 1 aliphatic carbocycles. The summed E-state index contributed by atoms with van der Waals surface area (Å²) in [7, 11) is 2.15. The molecule has 2 N–H and O–H groups in total. The number of amides is 1. The van der Waals surface area contributed by atoms with E-state index in [4.69, 9.17) is 5.11 Å². The summed E-state index contributed by atoms with van der Waals surface area (Å²) >= 11 is 7.14. The molecule has 1 aromatic carbocycles. The van der Waals surface area contributed by atoms with Gasteiger partial charge in [0.1, 0.15) is 0 Å². The Labute approximate surface area is 193 Å². The molecule has 0 radical (unpaired) electrons. The first-order valence-electron chi connectivity index (χ1n) is 10.1. The molecular weight excluding hydrogens is 516 g/mol. The van der Waals surface area contributed by atoms with Crippen molar-refractivity contribution in [3.05, 3.63) is 44.6 Å². The van der Waals surface area contributed by atoms with Gasteiger partial charge in [-0.15, -0.1) is 0 Å². The third-order valence-corrected chi connectivity index (χ3v) is 6.55. The number of carboxylic acids is 1. The normalized spacial score (nSPS) is 14.8. The van der Waals surface area contributed by atoms with Crippen LogP contribution in [0.1, 0.15) is 54.4 Å². The topological polar surface area (TPSA) is 87.5 Å². The highest BCUT2D eigenvalue weighted by Crippen LogP contribution is 2.33. The van der Waals surface area contributed by atoms with Crippen molar-refractivity contribution in [2.75, 3.05) is 12.4 Å². The Hall–Kier alpha value is -1.71. The number of aromatic nitrogens is 2. The highest BCUT2D eigenvalue weighted by Gasteiger charge is 2.20. The second-order valence-corrected chi connectivity index (χ2v) is 9.49. The summed E-state index contributed by atoms with van der Waals surface area (Å²) in [6.45, 7) is 1.06. The zero-order valence-electron chi connectivity index (χ0n) is 16.9. The van der Waals surface area contributed by atoms with Gasteiger partial charge in [-0.05, 0) is 53.5 Å². The monoisotopic (exact) mass is 540 g/mol. The molecule has 1 heterocycles. The molecule has 1 amide bonds. The lowest BCUT2D eigenvalue weighted by molar-refractivity contribution is -0.116. The van der Waals surface area contributed by atoms with Crippen LogP contribution in [0.4, 0.5) is 5.69 Å². The minimum atomic E-state index is -1.03. The fourth-order valence-electron chi connectivity index (χ4n) is 3.83. The van der Waals surface area contributed by atoms with E-state index in [0.717, 1.165) is 26.7 Å². The smallest absolute Gasteiger partial charge is 0.338 e. The van der Waals surface area contributed by atoms with E-state index in [1.54, 1.807) is 0 Å². The van der Waals surface area contributed by atoms with Gasteiger partial charge in [0.05, 0.1) is 17.4 Å². The Morgan fingerprint density at radius 3 is 2.67 bits per heavy atom. The van der Waals surface area contributed by atoms with Crippen molar-refractivity contribution < 1.29 is 14.7 Å². The zero-order chi connectivity index (χ0) is 21.7. The molecule has 1 aliphatic rings. The van der Waals surface area contributed by atoms with Crippen molar-refractivity contribution in [2.45, 2.75) is 57.7 Å². The number of aryl methyl sites for hydroxylation is 1. The van der Waals surface area contributed by atoms with Gasteiger partial charge in [0.2, 0.25) is 5.91 Å². The molecule has 0 unspecified atom stereocenters. The van der Waals surface area contributed by atoms with Gasteiger partial charge in [-0.1, -0.05) is 35.2 Å². The van der Waals surface area contributed by atoms with E-state index in [2.05, 4.69) is 54.2 Å². The molecular formula is C21H26Br2N4O3. The number of carboxylic acid groups (broad SMARTS) is 1. The minimum Gasteiger partial charge on any atom is -0.478 e. The van der Waals surface area contributed by atoms with E-state index >= 15 is 0 Å². The van der Waals surface area contributed by atoms with Crippen molar-refractivity contribution in [3.63, 3.8) is 0 Å². The fraction of sp³-hybridized carbons (Fsp3) is 0.476. The number of carbonyl (C=O) groups is 2. The van der Waals surface area contributed by atoms with Gasteiger partial charge >= 0.3 is 5.97 Å². The van der Waals surface area contributed by atoms with E-state index in [-0.39, 0.29) is 17.9 Å². The first-order valence-corrected chi connectivity index (χ1v) is 11.7. The molecule has 0 aliphatic heterocycles. The van der Waals surface area contributed by atoms with E-state index in [1.165, 1.54) is 49.2 Å². The number of hydrogen-bond acceptors (Lipinski definition) is 4. The summed E-state index contributed by atoms with van der Waals surface area (Å²) in [4.78, 5) is 25.9. The standard InChI is InChI=1S/C21H26Br2N4O3/c1-26(17-5-3-2-4-6-17)12-14-9-16(22)10-18(23)20(14)25-19(28)7-8-27-13-15(11-24-27)21(29)30/h9-11,13,17H,2-8,12H2,1H3,(H,25,28)(H,29,30). The number of hydrogen-bond donors (Lipinski definition) is 2. The Bertz CT molecular complexity index is 910. The summed E-state index contributed by atoms with van der Waals surface area (Å²) in [5.74, 6) is -1.18. The van der Waals surface area contributed by atoms with Crippen molar-refractivity contribution in [3.8, 4) is 0 Å². The highest BCUT2D eigenvalue weighted by atomic mass is 79.9. The van der Waals surface area contributed by atoms with Gasteiger partial charge in [0.15, 0.2) is 0 Å². The molecule has 0 bridgehead atoms. The molecule has 3 rings (SSSR count). The van der Waals surface area contributed by atoms with Crippen LogP contribution in [-0.2, 0) is 17.9 Å². The highest BCUT2D eigenvalue weighted by molar-refractivity contribution is 9.11. The molecule has 1 fully saturated rings.